The number of benzene rings is 3. The van der Waals surface area contributed by atoms with Gasteiger partial charge in [-0.15, -0.1) is 11.3 Å². The maximum Gasteiger partial charge on any atom is 0.153 e. The Bertz CT molecular complexity index is 1110. The maximum absolute atomic E-state index is 6.39. The Morgan fingerprint density at radius 2 is 1.48 bits per heavy atom. The minimum atomic E-state index is 0.717. The lowest BCUT2D eigenvalue weighted by atomic mass is 10.1. The van der Waals surface area contributed by atoms with Gasteiger partial charge in [0.25, 0.3) is 0 Å². The van der Waals surface area contributed by atoms with Crippen LogP contribution in [0.15, 0.2) is 66.7 Å². The summed E-state index contributed by atoms with van der Waals surface area (Å²) in [7, 11) is 1.69. The monoisotopic (exact) mass is 658 g/mol. The quantitative estimate of drug-likeness (QED) is 0.186. The summed E-state index contributed by atoms with van der Waals surface area (Å²) in [6.07, 6.45) is 0.989. The highest BCUT2D eigenvalue weighted by molar-refractivity contribution is 15.0. The standard InChI is InChI=1S/C25H24O3S.I2/c1-4-15-27-19-9-11-20(12-10-19)28-24-22-14-13-21(26-3)16-23(22)29-25(24)18-7-5-17(2)6-8-18;1-2/h5-14,16H,4,15H2,1-3H3;. The molecule has 4 rings (SSSR count). The smallest absolute Gasteiger partial charge is 0.153 e. The normalized spacial score (nSPS) is 10.4. The van der Waals surface area contributed by atoms with E-state index in [0.717, 1.165) is 56.6 Å². The van der Waals surface area contributed by atoms with Gasteiger partial charge >= 0.3 is 0 Å². The molecule has 0 saturated heterocycles. The van der Waals surface area contributed by atoms with Gasteiger partial charge < -0.3 is 14.2 Å². The minimum Gasteiger partial charge on any atom is -0.497 e. The lowest BCUT2D eigenvalue weighted by Gasteiger charge is -2.10. The molecule has 3 nitrogen and oxygen atoms in total. The van der Waals surface area contributed by atoms with E-state index in [0.29, 0.717) is 0 Å². The van der Waals surface area contributed by atoms with Gasteiger partial charge in [-0.2, -0.15) is 0 Å². The van der Waals surface area contributed by atoms with Crippen LogP contribution in [0.5, 0.6) is 23.0 Å². The van der Waals surface area contributed by atoms with Crippen molar-refractivity contribution in [1.29, 1.82) is 0 Å². The second kappa shape index (κ2) is 11.9. The van der Waals surface area contributed by atoms with Crippen LogP contribution >= 0.6 is 48.6 Å². The molecule has 1 aromatic heterocycles. The second-order valence-electron chi connectivity index (χ2n) is 6.91. The number of hydrogen-bond donors (Lipinski definition) is 0. The Morgan fingerprint density at radius 3 is 2.13 bits per heavy atom. The summed E-state index contributed by atoms with van der Waals surface area (Å²) in [4.78, 5) is 1.11. The lowest BCUT2D eigenvalue weighted by molar-refractivity contribution is 0.317. The summed E-state index contributed by atoms with van der Waals surface area (Å²) in [5, 5.41) is 1.08. The van der Waals surface area contributed by atoms with Crippen LogP contribution in [0.3, 0.4) is 0 Å². The number of ether oxygens (including phenoxy) is 3. The van der Waals surface area contributed by atoms with Crippen LogP contribution in [-0.2, 0) is 0 Å². The van der Waals surface area contributed by atoms with Crippen molar-refractivity contribution in [2.75, 3.05) is 13.7 Å². The van der Waals surface area contributed by atoms with Gasteiger partial charge in [-0.1, -0.05) is 36.8 Å². The predicted octanol–water partition coefficient (Wildman–Crippen LogP) is 9.24. The Balaban J connectivity index is 0.00000132. The average molecular weight is 658 g/mol. The fourth-order valence-corrected chi connectivity index (χ4v) is 4.28. The van der Waals surface area contributed by atoms with Crippen molar-refractivity contribution in [2.24, 2.45) is 0 Å². The molecule has 0 unspecified atom stereocenters. The third-order valence-electron chi connectivity index (χ3n) is 4.68. The summed E-state index contributed by atoms with van der Waals surface area (Å²) >= 11 is 5.96. The second-order valence-corrected chi connectivity index (χ2v) is 7.96. The van der Waals surface area contributed by atoms with Crippen LogP contribution in [0.1, 0.15) is 18.9 Å². The molecule has 0 amide bonds. The summed E-state index contributed by atoms with van der Waals surface area (Å²) in [6.45, 7) is 4.91. The van der Waals surface area contributed by atoms with E-state index in [1.54, 1.807) is 18.4 Å². The molecule has 0 aliphatic carbocycles. The maximum atomic E-state index is 6.39. The van der Waals surface area contributed by atoms with Crippen molar-refractivity contribution in [3.05, 3.63) is 72.3 Å². The molecular weight excluding hydrogens is 634 g/mol. The average Bonchev–Trinajstić information content (AvgIpc) is 3.17. The van der Waals surface area contributed by atoms with Crippen molar-refractivity contribution in [1.82, 2.24) is 0 Å². The fraction of sp³-hybridized carbons (Fsp3) is 0.200. The molecular formula is C25H24I2O3S. The first-order valence-corrected chi connectivity index (χ1v) is 17.0. The Morgan fingerprint density at radius 1 is 0.839 bits per heavy atom. The van der Waals surface area contributed by atoms with E-state index in [9.17, 15) is 0 Å². The topological polar surface area (TPSA) is 27.7 Å². The van der Waals surface area contributed by atoms with E-state index in [1.807, 2.05) is 30.3 Å². The van der Waals surface area contributed by atoms with E-state index >= 15 is 0 Å². The van der Waals surface area contributed by atoms with E-state index in [-0.39, 0.29) is 0 Å². The lowest BCUT2D eigenvalue weighted by Crippen LogP contribution is -1.94. The SMILES string of the molecule is CCCOc1ccc(Oc2c(-c3ccc(C)cc3)sc3cc(OC)ccc23)cc1.II. The van der Waals surface area contributed by atoms with Crippen molar-refractivity contribution in [3.63, 3.8) is 0 Å². The molecule has 0 spiro atoms. The molecule has 162 valence electrons. The molecule has 0 fully saturated rings. The molecule has 0 N–H and O–H groups in total. The summed E-state index contributed by atoms with van der Waals surface area (Å²) in [5.41, 5.74) is 2.38. The van der Waals surface area contributed by atoms with Crippen molar-refractivity contribution in [2.45, 2.75) is 20.3 Å². The number of hydrogen-bond acceptors (Lipinski definition) is 4. The van der Waals surface area contributed by atoms with Crippen molar-refractivity contribution >= 4 is 58.7 Å². The summed E-state index contributed by atoms with van der Waals surface area (Å²) in [5.74, 6) is 3.37. The van der Waals surface area contributed by atoms with Gasteiger partial charge in [-0.25, -0.2) is 0 Å². The first-order valence-electron chi connectivity index (χ1n) is 9.90. The molecule has 0 aliphatic rings. The molecule has 31 heavy (non-hydrogen) atoms. The van der Waals surface area contributed by atoms with Crippen LogP contribution in [0.25, 0.3) is 20.5 Å². The van der Waals surface area contributed by atoms with Gasteiger partial charge in [0.2, 0.25) is 0 Å². The molecule has 1 heterocycles. The summed E-state index contributed by atoms with van der Waals surface area (Å²) in [6, 6.07) is 22.5. The number of rotatable bonds is 7. The van der Waals surface area contributed by atoms with E-state index in [2.05, 4.69) is 87.5 Å². The highest BCUT2D eigenvalue weighted by Crippen LogP contribution is 2.47. The van der Waals surface area contributed by atoms with E-state index < -0.39 is 0 Å². The minimum absolute atomic E-state index is 0.717. The zero-order chi connectivity index (χ0) is 22.2. The van der Waals surface area contributed by atoms with E-state index in [1.165, 1.54) is 5.56 Å². The zero-order valence-corrected chi connectivity index (χ0v) is 22.8. The van der Waals surface area contributed by atoms with Crippen LogP contribution in [-0.4, -0.2) is 13.7 Å². The first kappa shape index (κ1) is 24.1. The molecule has 3 aromatic carbocycles. The van der Waals surface area contributed by atoms with Crippen LogP contribution < -0.4 is 14.2 Å². The number of halogens is 2. The number of thiophene rings is 1. The Hall–Kier alpha value is -1.52. The molecule has 0 radical (unpaired) electrons. The molecule has 0 atom stereocenters. The Labute approximate surface area is 211 Å². The first-order chi connectivity index (χ1) is 15.2. The molecule has 6 heteroatoms. The van der Waals surface area contributed by atoms with Gasteiger partial charge in [-0.3, -0.25) is 0 Å². The third kappa shape index (κ3) is 6.04. The highest BCUT2D eigenvalue weighted by atomic mass is 128. The van der Waals surface area contributed by atoms with Crippen molar-refractivity contribution in [3.8, 4) is 33.4 Å². The fourth-order valence-electron chi connectivity index (χ4n) is 3.12. The van der Waals surface area contributed by atoms with Crippen LogP contribution in [0.4, 0.5) is 0 Å². The third-order valence-corrected chi connectivity index (χ3v) is 5.86. The predicted molar refractivity (Wildman–Crippen MR) is 149 cm³/mol. The molecule has 0 bridgehead atoms. The van der Waals surface area contributed by atoms with Crippen LogP contribution in [0, 0.1) is 6.92 Å². The van der Waals surface area contributed by atoms with Gasteiger partial charge in [0.15, 0.2) is 5.75 Å². The van der Waals surface area contributed by atoms with Crippen LogP contribution in [0.2, 0.25) is 0 Å². The van der Waals surface area contributed by atoms with Gasteiger partial charge in [0, 0.05) is 47.3 Å². The highest BCUT2D eigenvalue weighted by Gasteiger charge is 2.17. The summed E-state index contributed by atoms with van der Waals surface area (Å²) < 4.78 is 18.6. The number of aryl methyl sites for hydroxylation is 1. The van der Waals surface area contributed by atoms with Gasteiger partial charge in [0.05, 0.1) is 18.6 Å². The number of methoxy groups -OCH3 is 1. The largest absolute Gasteiger partial charge is 0.497 e. The Kier molecular flexibility index (Phi) is 9.28. The molecule has 0 aliphatic heterocycles. The van der Waals surface area contributed by atoms with Gasteiger partial charge in [0.1, 0.15) is 17.2 Å². The van der Waals surface area contributed by atoms with Crippen molar-refractivity contribution < 1.29 is 14.2 Å². The van der Waals surface area contributed by atoms with E-state index in [4.69, 9.17) is 14.2 Å². The molecule has 4 aromatic rings. The zero-order valence-electron chi connectivity index (χ0n) is 17.7. The number of fused-ring (bicyclic) bond motifs is 1. The van der Waals surface area contributed by atoms with Gasteiger partial charge in [-0.05, 0) is 61.4 Å². The molecule has 0 saturated carbocycles.